The largest absolute Gasteiger partial charge is 0.507 e. The van der Waals surface area contributed by atoms with Crippen LogP contribution in [0.3, 0.4) is 0 Å². The number of hydrogen-bond acceptors (Lipinski definition) is 17. The number of piperazine rings is 1. The van der Waals surface area contributed by atoms with Crippen LogP contribution in [-0.2, 0) is 16.1 Å². The normalized spacial score (nSPS) is 22.1. The van der Waals surface area contributed by atoms with Crippen LogP contribution in [0, 0.1) is 18.8 Å². The Morgan fingerprint density at radius 2 is 1.61 bits per heavy atom. The maximum atomic E-state index is 14.3. The van der Waals surface area contributed by atoms with Crippen molar-refractivity contribution in [2.24, 2.45) is 11.8 Å². The number of thiazole rings is 1. The molecule has 2 aromatic carbocycles. The molecule has 4 aromatic heterocycles. The zero-order chi connectivity index (χ0) is 51.7. The van der Waals surface area contributed by atoms with Crippen molar-refractivity contribution in [3.63, 3.8) is 0 Å². The number of anilines is 4. The van der Waals surface area contributed by atoms with Crippen LogP contribution in [0.25, 0.3) is 21.7 Å². The average molecular weight is 1040 g/mol. The summed E-state index contributed by atoms with van der Waals surface area (Å²) in [7, 11) is 0. The molecule has 0 aliphatic carbocycles. The van der Waals surface area contributed by atoms with Crippen molar-refractivity contribution in [2.75, 3.05) is 72.8 Å². The molecule has 11 rings (SSSR count). The van der Waals surface area contributed by atoms with Gasteiger partial charge in [-0.3, -0.25) is 9.59 Å². The number of carbonyl (C=O) groups excluding carboxylic acids is 2. The van der Waals surface area contributed by atoms with Crippen molar-refractivity contribution >= 4 is 46.4 Å². The van der Waals surface area contributed by atoms with E-state index in [2.05, 4.69) is 57.6 Å². The highest BCUT2D eigenvalue weighted by Crippen LogP contribution is 2.40. The molecule has 0 spiro atoms. The second kappa shape index (κ2) is 21.9. The molecular formula is C56H69N13O5S. The lowest BCUT2D eigenvalue weighted by molar-refractivity contribution is -0.141. The van der Waals surface area contributed by atoms with Gasteiger partial charge < -0.3 is 50.3 Å². The van der Waals surface area contributed by atoms with E-state index in [0.717, 1.165) is 130 Å². The van der Waals surface area contributed by atoms with Gasteiger partial charge in [0, 0.05) is 81.8 Å². The van der Waals surface area contributed by atoms with Crippen LogP contribution in [0.1, 0.15) is 99.6 Å². The minimum absolute atomic E-state index is 0.0928. The van der Waals surface area contributed by atoms with Gasteiger partial charge in [-0.25, -0.2) is 15.0 Å². The van der Waals surface area contributed by atoms with Crippen molar-refractivity contribution in [2.45, 2.75) is 115 Å². The van der Waals surface area contributed by atoms with Gasteiger partial charge in [0.05, 0.1) is 33.6 Å². The number of nitrogens with zero attached hydrogens (tertiary/aromatic N) is 11. The van der Waals surface area contributed by atoms with Gasteiger partial charge in [0.1, 0.15) is 17.7 Å². The number of piperidine rings is 2. The fourth-order valence-corrected chi connectivity index (χ4v) is 13.1. The summed E-state index contributed by atoms with van der Waals surface area (Å²) in [5, 5.41) is 37.2. The van der Waals surface area contributed by atoms with E-state index in [1.165, 1.54) is 10.5 Å². The summed E-state index contributed by atoms with van der Waals surface area (Å²) in [5.74, 6) is 2.40. The third kappa shape index (κ3) is 10.8. The number of phenols is 1. The first-order valence-electron chi connectivity index (χ1n) is 26.9. The monoisotopic (exact) mass is 1040 g/mol. The van der Waals surface area contributed by atoms with Crippen LogP contribution in [0.5, 0.6) is 5.75 Å². The number of rotatable bonds is 15. The first-order valence-corrected chi connectivity index (χ1v) is 27.8. The number of amides is 2. The number of likely N-dealkylation sites (tertiary alicyclic amines) is 2. The zero-order valence-electron chi connectivity index (χ0n) is 43.2. The second-order valence-electron chi connectivity index (χ2n) is 21.8. The number of aromatic nitrogens is 6. The van der Waals surface area contributed by atoms with E-state index in [0.29, 0.717) is 41.2 Å². The molecule has 5 fully saturated rings. The number of aliphatic hydroxyl groups excluding tert-OH is 1. The molecule has 5 aliphatic heterocycles. The number of aromatic hydroxyl groups is 1. The summed E-state index contributed by atoms with van der Waals surface area (Å²) in [5.41, 5.74) is 14.5. The summed E-state index contributed by atoms with van der Waals surface area (Å²) >= 11 is 1.60. The Hall–Kier alpha value is -6.70. The van der Waals surface area contributed by atoms with E-state index < -0.39 is 18.1 Å². The number of β-amino-alcohol motifs (C(OH)–C–C–N with tert-alkyl or cyclic N) is 1. The smallest absolute Gasteiger partial charge is 0.243 e. The summed E-state index contributed by atoms with van der Waals surface area (Å²) in [4.78, 5) is 54.5. The van der Waals surface area contributed by atoms with Crippen molar-refractivity contribution in [3.8, 4) is 27.4 Å². The summed E-state index contributed by atoms with van der Waals surface area (Å²) < 4.78 is 5.93. The molecule has 394 valence electrons. The molecule has 0 saturated carbocycles. The maximum Gasteiger partial charge on any atom is 0.243 e. The molecule has 6 aromatic rings. The standard InChI is InChI=1S/C56H69N13O5S/c1-34(2)51(55(73)68-32-43(70)24-47(68)54(72)58-27-37-8-10-39(11-9-37)52-35(3)61-33-75-52)49-26-50(64-74-49)66-22-15-36(16-23-66)14-19-65-20-17-38(18-21-65)40-28-59-56(60-29-40)69-41-12-13-42(69)31-67(30-41)46-25-45(62-63-53(46)57)44-6-4-5-7-48(44)71/h4-11,25-26,28-29,33-34,36,38,41-43,47,51,70-71H,12-24,27,30-32H2,1-3H3,(H2,57,63)(H,58,72)/t41?,42?,43-,47+,51+/m1/s1. The minimum atomic E-state index is -0.791. The van der Waals surface area contributed by atoms with Gasteiger partial charge in [-0.15, -0.1) is 21.5 Å². The highest BCUT2D eigenvalue weighted by atomic mass is 32.1. The number of nitrogens with one attached hydrogen (secondary N) is 1. The molecule has 19 heteroatoms. The number of carbonyl (C=O) groups is 2. The Labute approximate surface area is 442 Å². The van der Waals surface area contributed by atoms with E-state index in [1.807, 2.05) is 74.8 Å². The van der Waals surface area contributed by atoms with Gasteiger partial charge in [-0.2, -0.15) is 0 Å². The molecule has 75 heavy (non-hydrogen) atoms. The Bertz CT molecular complexity index is 2920. The number of fused-ring (bicyclic) bond motifs is 2. The SMILES string of the molecule is Cc1ncsc1-c1ccc(CNC(=O)[C@@H]2C[C@@H](O)CN2C(=O)[C@H](c2cc(N3CCC(CCN4CCC(c5cnc(N6C7CCC6CN(c6cc(-c8ccccc8O)nnc6N)C7)nc5)CC4)CC3)no2)C(C)C)cc1. The molecule has 5 atom stereocenters. The zero-order valence-corrected chi connectivity index (χ0v) is 44.0. The molecule has 5 N–H and O–H groups in total. The molecule has 9 heterocycles. The van der Waals surface area contributed by atoms with Crippen molar-refractivity contribution in [1.29, 1.82) is 0 Å². The van der Waals surface area contributed by atoms with Gasteiger partial charge in [0.25, 0.3) is 0 Å². The lowest BCUT2D eigenvalue weighted by Crippen LogP contribution is -2.54. The fraction of sp³-hybridized carbons (Fsp3) is 0.500. The molecule has 5 saturated heterocycles. The number of nitrogens with two attached hydrogens (primary N) is 1. The number of benzene rings is 2. The van der Waals surface area contributed by atoms with Crippen LogP contribution >= 0.6 is 11.3 Å². The Morgan fingerprint density at radius 3 is 2.31 bits per heavy atom. The van der Waals surface area contributed by atoms with Crippen LogP contribution in [0.2, 0.25) is 0 Å². The lowest BCUT2D eigenvalue weighted by atomic mass is 9.89. The molecule has 2 unspecified atom stereocenters. The number of aliphatic hydroxyl groups is 1. The summed E-state index contributed by atoms with van der Waals surface area (Å²) in [6.07, 6.45) is 11.1. The van der Waals surface area contributed by atoms with Crippen molar-refractivity contribution < 1.29 is 24.3 Å². The van der Waals surface area contributed by atoms with E-state index in [4.69, 9.17) is 20.2 Å². The molecular weight excluding hydrogens is 967 g/mol. The number of aryl methyl sites for hydroxylation is 1. The Kier molecular flexibility index (Phi) is 14.7. The number of para-hydroxylation sites is 1. The van der Waals surface area contributed by atoms with E-state index in [1.54, 1.807) is 23.5 Å². The summed E-state index contributed by atoms with van der Waals surface area (Å²) in [6.45, 7) is 12.9. The first-order chi connectivity index (χ1) is 36.4. The van der Waals surface area contributed by atoms with E-state index in [-0.39, 0.29) is 48.5 Å². The average Bonchev–Trinajstić information content (AvgIpc) is 4.24. The van der Waals surface area contributed by atoms with Crippen LogP contribution in [0.15, 0.2) is 83.1 Å². The van der Waals surface area contributed by atoms with Gasteiger partial charge in [-0.1, -0.05) is 55.4 Å². The van der Waals surface area contributed by atoms with Gasteiger partial charge in [0.15, 0.2) is 17.4 Å². The van der Waals surface area contributed by atoms with Crippen LogP contribution in [-0.4, -0.2) is 139 Å². The second-order valence-corrected chi connectivity index (χ2v) is 22.6. The number of phenolic OH excluding ortho intramolecular Hbond substituents is 1. The van der Waals surface area contributed by atoms with Gasteiger partial charge >= 0.3 is 0 Å². The lowest BCUT2D eigenvalue weighted by Gasteiger charge is -2.42. The molecule has 2 bridgehead atoms. The quantitative estimate of drug-likeness (QED) is 0.0814. The number of hydrogen-bond donors (Lipinski definition) is 4. The van der Waals surface area contributed by atoms with Crippen molar-refractivity contribution in [3.05, 3.63) is 101 Å². The molecule has 0 radical (unpaired) electrons. The Balaban J connectivity index is 0.621. The highest BCUT2D eigenvalue weighted by Gasteiger charge is 2.44. The summed E-state index contributed by atoms with van der Waals surface area (Å²) in [6, 6.07) is 18.8. The molecule has 2 amide bonds. The topological polar surface area (TPSA) is 219 Å². The van der Waals surface area contributed by atoms with Crippen LogP contribution < -0.4 is 25.8 Å². The maximum absolute atomic E-state index is 14.3. The predicted octanol–water partition coefficient (Wildman–Crippen LogP) is 7.00. The van der Waals surface area contributed by atoms with Crippen molar-refractivity contribution in [1.82, 2.24) is 45.4 Å². The minimum Gasteiger partial charge on any atom is -0.507 e. The Morgan fingerprint density at radius 1 is 0.880 bits per heavy atom. The third-order valence-electron chi connectivity index (χ3n) is 16.6. The molecule has 18 nitrogen and oxygen atoms in total. The van der Waals surface area contributed by atoms with Gasteiger partial charge in [0.2, 0.25) is 17.8 Å². The number of nitrogen functional groups attached to an aromatic ring is 1. The van der Waals surface area contributed by atoms with Crippen LogP contribution in [0.4, 0.5) is 23.3 Å². The third-order valence-corrected chi connectivity index (χ3v) is 17.6. The fourth-order valence-electron chi connectivity index (χ4n) is 12.3. The first kappa shape index (κ1) is 50.5. The van der Waals surface area contributed by atoms with E-state index in [9.17, 15) is 19.8 Å². The van der Waals surface area contributed by atoms with E-state index >= 15 is 0 Å². The highest BCUT2D eigenvalue weighted by molar-refractivity contribution is 7.13. The van der Waals surface area contributed by atoms with Gasteiger partial charge in [-0.05, 0) is 124 Å². The molecule has 5 aliphatic rings. The predicted molar refractivity (Wildman–Crippen MR) is 289 cm³/mol.